The fraction of sp³-hybridized carbons (Fsp3) is 0.280. The van der Waals surface area contributed by atoms with Gasteiger partial charge in [0, 0.05) is 29.4 Å². The fourth-order valence-electron chi connectivity index (χ4n) is 4.06. The molecule has 182 valence electrons. The predicted molar refractivity (Wildman–Crippen MR) is 130 cm³/mol. The molecule has 1 aliphatic heterocycles. The van der Waals surface area contributed by atoms with E-state index in [0.29, 0.717) is 40.5 Å². The number of carbonyl (C=O) groups excluding carboxylic acids is 1. The standard InChI is InChI=1S/C25H24ClN3O6/c1-33-19-8-7-14(12-21(19)35-3)17-13-18(29(28-17)22(30)9-10-23(31)32)16-11-15-5-4-6-20(34-2)24(15)27-25(16)26/h4-8,11-12,18H,9-10,13H2,1-3H3,(H,31,32)/t18-/m0/s1. The molecule has 2 aromatic carbocycles. The van der Waals surface area contributed by atoms with Gasteiger partial charge in [0.1, 0.15) is 16.4 Å². The Bertz CT molecular complexity index is 1330. The number of hydrazone groups is 1. The van der Waals surface area contributed by atoms with E-state index in [0.717, 1.165) is 10.9 Å². The molecular weight excluding hydrogens is 474 g/mol. The second kappa shape index (κ2) is 10.2. The van der Waals surface area contributed by atoms with Crippen molar-refractivity contribution in [1.29, 1.82) is 0 Å². The number of aromatic nitrogens is 1. The summed E-state index contributed by atoms with van der Waals surface area (Å²) in [5.74, 6) is 0.193. The van der Waals surface area contributed by atoms with E-state index in [2.05, 4.69) is 10.1 Å². The van der Waals surface area contributed by atoms with Crippen LogP contribution >= 0.6 is 11.6 Å². The van der Waals surface area contributed by atoms with Crippen molar-refractivity contribution < 1.29 is 28.9 Å². The first-order valence-electron chi connectivity index (χ1n) is 10.8. The van der Waals surface area contributed by atoms with Gasteiger partial charge in [0.2, 0.25) is 5.91 Å². The topological polar surface area (TPSA) is 111 Å². The van der Waals surface area contributed by atoms with E-state index in [-0.39, 0.29) is 18.0 Å². The first-order chi connectivity index (χ1) is 16.9. The summed E-state index contributed by atoms with van der Waals surface area (Å²) in [5, 5.41) is 16.0. The minimum absolute atomic E-state index is 0.193. The van der Waals surface area contributed by atoms with Crippen molar-refractivity contribution in [3.05, 3.63) is 58.7 Å². The van der Waals surface area contributed by atoms with Gasteiger partial charge in [-0.3, -0.25) is 9.59 Å². The Balaban J connectivity index is 1.76. The maximum Gasteiger partial charge on any atom is 0.303 e. The number of halogens is 1. The SMILES string of the molecule is COc1ccc(C2=NN(C(=O)CCC(=O)O)[C@H](c3cc4cccc(OC)c4nc3Cl)C2)cc1OC. The summed E-state index contributed by atoms with van der Waals surface area (Å²) in [6.07, 6.45) is -0.143. The van der Waals surface area contributed by atoms with E-state index < -0.39 is 17.9 Å². The Morgan fingerprint density at radius 1 is 1.03 bits per heavy atom. The highest BCUT2D eigenvalue weighted by atomic mass is 35.5. The van der Waals surface area contributed by atoms with Crippen molar-refractivity contribution >= 4 is 40.1 Å². The van der Waals surface area contributed by atoms with Crippen LogP contribution in [-0.4, -0.2) is 54.0 Å². The molecule has 9 nitrogen and oxygen atoms in total. The van der Waals surface area contributed by atoms with Crippen molar-refractivity contribution in [2.45, 2.75) is 25.3 Å². The Labute approximate surface area is 206 Å². The number of hydrogen-bond acceptors (Lipinski definition) is 7. The molecule has 3 aromatic rings. The van der Waals surface area contributed by atoms with Gasteiger partial charge in [-0.25, -0.2) is 9.99 Å². The summed E-state index contributed by atoms with van der Waals surface area (Å²) in [4.78, 5) is 28.6. The highest BCUT2D eigenvalue weighted by Crippen LogP contribution is 2.39. The molecule has 0 fully saturated rings. The van der Waals surface area contributed by atoms with Crippen LogP contribution in [0.1, 0.15) is 36.4 Å². The van der Waals surface area contributed by atoms with Crippen LogP contribution < -0.4 is 14.2 Å². The van der Waals surface area contributed by atoms with Gasteiger partial charge in [-0.05, 0) is 30.3 Å². The van der Waals surface area contributed by atoms with Gasteiger partial charge in [-0.15, -0.1) is 0 Å². The number of amides is 1. The Morgan fingerprint density at radius 3 is 2.46 bits per heavy atom. The molecule has 0 unspecified atom stereocenters. The summed E-state index contributed by atoms with van der Waals surface area (Å²) in [7, 11) is 4.64. The third kappa shape index (κ3) is 4.85. The number of pyridine rings is 1. The van der Waals surface area contributed by atoms with Gasteiger partial charge in [0.25, 0.3) is 0 Å². The summed E-state index contributed by atoms with van der Waals surface area (Å²) < 4.78 is 16.1. The first kappa shape index (κ1) is 24.3. The van der Waals surface area contributed by atoms with Gasteiger partial charge in [-0.1, -0.05) is 23.7 Å². The first-order valence-corrected chi connectivity index (χ1v) is 11.2. The smallest absolute Gasteiger partial charge is 0.303 e. The van der Waals surface area contributed by atoms with Crippen LogP contribution in [0.15, 0.2) is 47.6 Å². The summed E-state index contributed by atoms with van der Waals surface area (Å²) in [5.41, 5.74) is 2.58. The Kier molecular flexibility index (Phi) is 7.07. The zero-order chi connectivity index (χ0) is 25.1. The minimum atomic E-state index is -1.06. The largest absolute Gasteiger partial charge is 0.494 e. The quantitative estimate of drug-likeness (QED) is 0.457. The molecule has 0 bridgehead atoms. The average Bonchev–Trinajstić information content (AvgIpc) is 3.31. The number of para-hydroxylation sites is 1. The molecule has 0 saturated carbocycles. The van der Waals surface area contributed by atoms with Crippen LogP contribution in [-0.2, 0) is 9.59 Å². The Hall–Kier alpha value is -3.85. The monoisotopic (exact) mass is 497 g/mol. The molecular formula is C25H24ClN3O6. The van der Waals surface area contributed by atoms with E-state index in [1.54, 1.807) is 32.4 Å². The van der Waals surface area contributed by atoms with Crippen LogP contribution in [0.4, 0.5) is 0 Å². The lowest BCUT2D eigenvalue weighted by Crippen LogP contribution is -2.27. The number of carbonyl (C=O) groups is 2. The van der Waals surface area contributed by atoms with E-state index in [4.69, 9.17) is 30.9 Å². The van der Waals surface area contributed by atoms with Crippen molar-refractivity contribution in [1.82, 2.24) is 9.99 Å². The number of ether oxygens (including phenoxy) is 3. The minimum Gasteiger partial charge on any atom is -0.494 e. The molecule has 1 N–H and O–H groups in total. The number of aliphatic carboxylic acids is 1. The number of carboxylic acid groups (broad SMARTS) is 1. The van der Waals surface area contributed by atoms with Crippen molar-refractivity contribution in [3.8, 4) is 17.2 Å². The molecule has 1 amide bonds. The lowest BCUT2D eigenvalue weighted by atomic mass is 9.98. The third-order valence-corrected chi connectivity index (χ3v) is 6.11. The van der Waals surface area contributed by atoms with Crippen molar-refractivity contribution in [3.63, 3.8) is 0 Å². The molecule has 0 spiro atoms. The summed E-state index contributed by atoms with van der Waals surface area (Å²) in [6.45, 7) is 0. The number of rotatable bonds is 8. The van der Waals surface area contributed by atoms with E-state index >= 15 is 0 Å². The fourth-order valence-corrected chi connectivity index (χ4v) is 4.33. The number of fused-ring (bicyclic) bond motifs is 1. The number of nitrogens with zero attached hydrogens (tertiary/aromatic N) is 3. The van der Waals surface area contributed by atoms with E-state index in [1.165, 1.54) is 12.1 Å². The van der Waals surface area contributed by atoms with Crippen LogP contribution in [0.25, 0.3) is 10.9 Å². The second-order valence-corrected chi connectivity index (χ2v) is 8.23. The lowest BCUT2D eigenvalue weighted by Gasteiger charge is -2.23. The predicted octanol–water partition coefficient (Wildman–Crippen LogP) is 4.46. The van der Waals surface area contributed by atoms with E-state index in [9.17, 15) is 9.59 Å². The molecule has 0 radical (unpaired) electrons. The zero-order valence-electron chi connectivity index (χ0n) is 19.4. The number of hydrogen-bond donors (Lipinski definition) is 1. The molecule has 4 rings (SSSR count). The third-order valence-electron chi connectivity index (χ3n) is 5.80. The van der Waals surface area contributed by atoms with Gasteiger partial charge >= 0.3 is 5.97 Å². The number of methoxy groups -OCH3 is 3. The molecule has 0 aliphatic carbocycles. The molecule has 1 atom stereocenters. The number of carboxylic acids is 1. The van der Waals surface area contributed by atoms with Gasteiger partial charge in [-0.2, -0.15) is 5.10 Å². The van der Waals surface area contributed by atoms with Gasteiger partial charge in [0.15, 0.2) is 11.5 Å². The maximum absolute atomic E-state index is 13.0. The highest BCUT2D eigenvalue weighted by Gasteiger charge is 2.35. The van der Waals surface area contributed by atoms with Crippen LogP contribution in [0.3, 0.4) is 0 Å². The van der Waals surface area contributed by atoms with Gasteiger partial charge in [0.05, 0.1) is 39.5 Å². The van der Waals surface area contributed by atoms with Crippen molar-refractivity contribution in [2.24, 2.45) is 5.10 Å². The van der Waals surface area contributed by atoms with E-state index in [1.807, 2.05) is 24.3 Å². The van der Waals surface area contributed by atoms with Gasteiger partial charge < -0.3 is 19.3 Å². The lowest BCUT2D eigenvalue weighted by molar-refractivity contribution is -0.141. The highest BCUT2D eigenvalue weighted by molar-refractivity contribution is 6.30. The molecule has 35 heavy (non-hydrogen) atoms. The molecule has 1 aliphatic rings. The second-order valence-electron chi connectivity index (χ2n) is 7.87. The molecule has 0 saturated heterocycles. The normalized spacial score (nSPS) is 15.1. The molecule has 1 aromatic heterocycles. The maximum atomic E-state index is 13.0. The number of benzene rings is 2. The van der Waals surface area contributed by atoms with Crippen molar-refractivity contribution in [2.75, 3.05) is 21.3 Å². The molecule has 10 heteroatoms. The Morgan fingerprint density at radius 2 is 1.77 bits per heavy atom. The summed E-state index contributed by atoms with van der Waals surface area (Å²) in [6, 6.07) is 12.2. The average molecular weight is 498 g/mol. The van der Waals surface area contributed by atoms with Crippen LogP contribution in [0.2, 0.25) is 5.15 Å². The van der Waals surface area contributed by atoms with Crippen LogP contribution in [0, 0.1) is 0 Å². The summed E-state index contributed by atoms with van der Waals surface area (Å²) >= 11 is 6.60. The molecule has 2 heterocycles. The zero-order valence-corrected chi connectivity index (χ0v) is 20.2. The van der Waals surface area contributed by atoms with Crippen LogP contribution in [0.5, 0.6) is 17.2 Å².